The molecule has 12 N–H and O–H groups in total. The first-order valence-corrected chi connectivity index (χ1v) is 23.4. The number of aliphatic hydroxyl groups is 9. The molecule has 21 nitrogen and oxygen atoms in total. The van der Waals surface area contributed by atoms with Crippen molar-refractivity contribution in [2.24, 2.45) is 5.92 Å². The Labute approximate surface area is 356 Å². The van der Waals surface area contributed by atoms with Gasteiger partial charge in [-0.15, -0.1) is 0 Å². The number of nitrogens with zero attached hydrogens (tertiary/aromatic N) is 2. The van der Waals surface area contributed by atoms with Gasteiger partial charge < -0.3 is 85.4 Å². The molecule has 62 heavy (non-hydrogen) atoms. The molecule has 1 spiro atoms. The highest BCUT2D eigenvalue weighted by Gasteiger charge is 2.66. The molecule has 15 atom stereocenters. The van der Waals surface area contributed by atoms with Crippen LogP contribution in [0.3, 0.4) is 0 Å². The quantitative estimate of drug-likeness (QED) is 0.105. The van der Waals surface area contributed by atoms with E-state index in [4.69, 9.17) is 14.2 Å². The molecular weight excluding hydrogens is 837 g/mol. The number of carbonyl (C=O) groups excluding carboxylic acids is 4. The minimum atomic E-state index is -3.28. The lowest BCUT2D eigenvalue weighted by atomic mass is 9.82. The fourth-order valence-electron chi connectivity index (χ4n) is 9.67. The van der Waals surface area contributed by atoms with Gasteiger partial charge in [0, 0.05) is 34.9 Å². The predicted molar refractivity (Wildman–Crippen MR) is 215 cm³/mol. The van der Waals surface area contributed by atoms with Crippen molar-refractivity contribution >= 4 is 49.0 Å². The van der Waals surface area contributed by atoms with Crippen LogP contribution in [0.15, 0.2) is 42.5 Å². The summed E-state index contributed by atoms with van der Waals surface area (Å²) in [7, 11) is -3.28. The summed E-state index contributed by atoms with van der Waals surface area (Å²) in [6.07, 6.45) is -18.7. The van der Waals surface area contributed by atoms with Crippen LogP contribution in [0.2, 0.25) is 18.6 Å². The van der Waals surface area contributed by atoms with Gasteiger partial charge >= 0.3 is 0 Å². The Balaban J connectivity index is 1.22. The summed E-state index contributed by atoms with van der Waals surface area (Å²) in [4.78, 5) is 70.4. The number of fused-ring (bicyclic) bond motifs is 2. The number of benzene rings is 2. The minimum Gasteiger partial charge on any atom is -0.432 e. The first-order valence-electron chi connectivity index (χ1n) is 20.4. The summed E-state index contributed by atoms with van der Waals surface area (Å²) in [6, 6.07) is 10.3. The molecule has 4 fully saturated rings. The number of amides is 4. The van der Waals surface area contributed by atoms with Crippen LogP contribution in [0.5, 0.6) is 0 Å². The number of aliphatic hydroxyl groups excluding tert-OH is 9. The van der Waals surface area contributed by atoms with Crippen molar-refractivity contribution in [2.75, 3.05) is 28.7 Å². The fourth-order valence-corrected chi connectivity index (χ4v) is 12.2. The van der Waals surface area contributed by atoms with Crippen molar-refractivity contribution in [3.8, 4) is 0 Å². The molecule has 2 aromatic carbocycles. The van der Waals surface area contributed by atoms with E-state index in [1.54, 1.807) is 37.1 Å². The molecule has 0 aliphatic carbocycles. The van der Waals surface area contributed by atoms with E-state index >= 15 is 4.79 Å². The molecular formula is C40H54N4O17Si. The van der Waals surface area contributed by atoms with Gasteiger partial charge in [0.2, 0.25) is 5.91 Å². The van der Waals surface area contributed by atoms with Crippen LogP contribution in [0.4, 0.5) is 17.1 Å². The summed E-state index contributed by atoms with van der Waals surface area (Å²) in [6.45, 7) is 5.18. The van der Waals surface area contributed by atoms with Gasteiger partial charge in [0.1, 0.15) is 36.6 Å². The molecule has 0 aromatic heterocycles. The smallest absolute Gasteiger partial charge is 0.264 e. The molecule has 0 bridgehead atoms. The molecule has 2 aromatic rings. The van der Waals surface area contributed by atoms with Crippen molar-refractivity contribution in [2.45, 2.75) is 131 Å². The first-order chi connectivity index (χ1) is 29.2. The monoisotopic (exact) mass is 890 g/mol. The number of hydrogen-bond acceptors (Lipinski definition) is 17. The van der Waals surface area contributed by atoms with Crippen LogP contribution < -0.4 is 15.5 Å². The Morgan fingerprint density at radius 2 is 1.40 bits per heavy atom. The number of hydrogen-bond donors (Lipinski definition) is 12. The van der Waals surface area contributed by atoms with E-state index in [0.29, 0.717) is 30.6 Å². The highest BCUT2D eigenvalue weighted by Crippen LogP contribution is 2.60. The van der Waals surface area contributed by atoms with E-state index in [1.165, 1.54) is 35.2 Å². The van der Waals surface area contributed by atoms with Crippen LogP contribution in [0.25, 0.3) is 0 Å². The number of ether oxygens (including phenoxy) is 3. The van der Waals surface area contributed by atoms with E-state index in [-0.39, 0.29) is 48.5 Å². The lowest BCUT2D eigenvalue weighted by molar-refractivity contribution is -0.274. The minimum absolute atomic E-state index is 0.0727. The van der Waals surface area contributed by atoms with E-state index in [1.807, 2.05) is 0 Å². The SMILES string of the molecule is C[C@H]1[C@H]([Si](C)(C)O)[C@@H](CC(=O)N2CCC[C@H]2CO)O[C@]12C(=O)N(Cc1cccc(NC(=O)[C@H]3O[C@@H](O)[C@H](O)[C@@H](O)[C@@H]3O)c1)c1ccc(NC(=O)[C@H]3O[C@@H](O)[C@H](O)[C@@H](O)[C@@H]3O)cc12. The summed E-state index contributed by atoms with van der Waals surface area (Å²) in [5, 5.41) is 96.0. The lowest BCUT2D eigenvalue weighted by Crippen LogP contribution is -2.60. The average molecular weight is 891 g/mol. The molecule has 5 heterocycles. The van der Waals surface area contributed by atoms with Crippen molar-refractivity contribution in [1.82, 2.24) is 4.90 Å². The number of anilines is 3. The Morgan fingerprint density at radius 3 is 1.97 bits per heavy atom. The van der Waals surface area contributed by atoms with Gasteiger partial charge in [0.15, 0.2) is 38.7 Å². The van der Waals surface area contributed by atoms with E-state index < -0.39 is 111 Å². The summed E-state index contributed by atoms with van der Waals surface area (Å²) >= 11 is 0. The Kier molecular flexibility index (Phi) is 13.0. The summed E-state index contributed by atoms with van der Waals surface area (Å²) in [5.41, 5.74) is -1.24. The van der Waals surface area contributed by atoms with Crippen LogP contribution >= 0.6 is 0 Å². The normalized spacial score (nSPS) is 37.1. The zero-order chi connectivity index (χ0) is 45.2. The molecule has 7 rings (SSSR count). The number of carbonyl (C=O) groups is 4. The van der Waals surface area contributed by atoms with Crippen LogP contribution in [-0.4, -0.2) is 174 Å². The highest BCUT2D eigenvalue weighted by atomic mass is 28.4. The Hall–Kier alpha value is -3.98. The number of nitrogens with one attached hydrogen (secondary N) is 2. The Bertz CT molecular complexity index is 2040. The highest BCUT2D eigenvalue weighted by molar-refractivity contribution is 6.71. The van der Waals surface area contributed by atoms with Gasteiger partial charge in [-0.25, -0.2) is 0 Å². The van der Waals surface area contributed by atoms with Crippen LogP contribution in [0, 0.1) is 5.92 Å². The summed E-state index contributed by atoms with van der Waals surface area (Å²) in [5.74, 6) is -3.60. The first kappa shape index (κ1) is 46.0. The Morgan fingerprint density at radius 1 is 0.823 bits per heavy atom. The average Bonchev–Trinajstić information content (AvgIpc) is 3.89. The van der Waals surface area contributed by atoms with Crippen molar-refractivity contribution < 1.29 is 84.1 Å². The topological polar surface area (TPSA) is 329 Å². The van der Waals surface area contributed by atoms with Crippen molar-refractivity contribution in [3.63, 3.8) is 0 Å². The van der Waals surface area contributed by atoms with E-state index in [0.717, 1.165) is 0 Å². The predicted octanol–water partition coefficient (Wildman–Crippen LogP) is -3.12. The van der Waals surface area contributed by atoms with Gasteiger partial charge in [-0.1, -0.05) is 19.1 Å². The third-order valence-corrected chi connectivity index (χ3v) is 15.3. The molecule has 4 saturated heterocycles. The zero-order valence-corrected chi connectivity index (χ0v) is 35.1. The second-order valence-electron chi connectivity index (χ2n) is 17.3. The molecule has 340 valence electrons. The third kappa shape index (κ3) is 8.17. The number of likely N-dealkylation sites (tertiary alicyclic amines) is 1. The lowest BCUT2D eigenvalue weighted by Gasteiger charge is -2.37. The molecule has 0 radical (unpaired) electrons. The van der Waals surface area contributed by atoms with Gasteiger partial charge in [0.25, 0.3) is 17.7 Å². The van der Waals surface area contributed by atoms with E-state index in [2.05, 4.69) is 10.6 Å². The third-order valence-electron chi connectivity index (χ3n) is 12.8. The second-order valence-corrected chi connectivity index (χ2v) is 21.2. The van der Waals surface area contributed by atoms with Crippen molar-refractivity contribution in [1.29, 1.82) is 0 Å². The standard InChI is InChI=1S/C40H54N4O17Si/c1-17-34(62(2,3)58)24(14-25(46)43-11-5-8-21(43)16-45)61-40(17)22-13-20(42-36(54)33-29(50)27(48)31(52)38(56)60-33)9-10-23(22)44(39(40)57)15-18-6-4-7-19(12-18)41-35(53)32-28(49)26(47)30(51)37(55)59-32/h4,6-7,9-10,12-13,17,21,24,26-34,37-38,45,47-52,55-56,58H,5,8,11,14-16H2,1-3H3,(H,41,53)(H,42,54)/t17-,21-,24+,26-,27-,28-,29-,30+,31+,32-,33-,34-,37+,38+,40+/m0/s1. The maximum atomic E-state index is 15.2. The van der Waals surface area contributed by atoms with Gasteiger partial charge in [-0.05, 0) is 61.8 Å². The van der Waals surface area contributed by atoms with Crippen molar-refractivity contribution in [3.05, 3.63) is 53.6 Å². The molecule has 4 amide bonds. The maximum Gasteiger partial charge on any atom is 0.264 e. The maximum absolute atomic E-state index is 15.2. The molecule has 22 heteroatoms. The number of rotatable bonds is 10. The van der Waals surface area contributed by atoms with Gasteiger partial charge in [-0.2, -0.15) is 0 Å². The fraction of sp³-hybridized carbons (Fsp3) is 0.600. The molecule has 0 saturated carbocycles. The van der Waals surface area contributed by atoms with Crippen LogP contribution in [0.1, 0.15) is 37.3 Å². The largest absolute Gasteiger partial charge is 0.432 e. The zero-order valence-electron chi connectivity index (χ0n) is 34.1. The van der Waals surface area contributed by atoms with Crippen LogP contribution in [-0.2, 0) is 45.5 Å². The second kappa shape index (κ2) is 17.5. The van der Waals surface area contributed by atoms with Gasteiger partial charge in [-0.3, -0.25) is 19.2 Å². The molecule has 5 aliphatic heterocycles. The van der Waals surface area contributed by atoms with Gasteiger partial charge in [0.05, 0.1) is 37.4 Å². The summed E-state index contributed by atoms with van der Waals surface area (Å²) < 4.78 is 17.0. The molecule has 0 unspecified atom stereocenters. The molecule has 5 aliphatic rings. The van der Waals surface area contributed by atoms with E-state index in [9.17, 15) is 65.1 Å².